The molecule has 0 unspecified atom stereocenters. The summed E-state index contributed by atoms with van der Waals surface area (Å²) in [6.45, 7) is 26.1. The molecule has 1 aromatic heterocycles. The smallest absolute Gasteiger partial charge is 0.407 e. The zero-order chi connectivity index (χ0) is 76.4. The molecule has 7 N–H and O–H groups in total. The van der Waals surface area contributed by atoms with E-state index < -0.39 is 150 Å². The van der Waals surface area contributed by atoms with Crippen molar-refractivity contribution in [1.82, 2.24) is 36.1 Å². The van der Waals surface area contributed by atoms with E-state index in [2.05, 4.69) is 46.2 Å². The highest BCUT2D eigenvalue weighted by atomic mass is 32.2. The molecule has 23 nitrogen and oxygen atoms in total. The van der Waals surface area contributed by atoms with Crippen molar-refractivity contribution in [3.8, 4) is 22.3 Å². The van der Waals surface area contributed by atoms with Gasteiger partial charge in [-0.3, -0.25) is 28.8 Å². The average molecular weight is 1470 g/mol. The van der Waals surface area contributed by atoms with Crippen LogP contribution in [0, 0.1) is 17.0 Å². The number of hydrogen-bond donors (Lipinski definition) is 6. The van der Waals surface area contributed by atoms with E-state index in [9.17, 15) is 43.2 Å². The van der Waals surface area contributed by atoms with E-state index in [0.29, 0.717) is 11.7 Å². The zero-order valence-electron chi connectivity index (χ0n) is 61.8. The first-order valence-electron chi connectivity index (χ1n) is 34.5. The van der Waals surface area contributed by atoms with Gasteiger partial charge in [0.15, 0.2) is 0 Å². The number of halogens is 2. The molecule has 560 valence electrons. The number of benzene rings is 4. The molecule has 6 rings (SSSR count). The lowest BCUT2D eigenvalue weighted by Crippen LogP contribution is -2.54. The Balaban J connectivity index is 1.33. The SMILES string of the molecule is CC(C)(C)OC(=O)CC[C@@H](NC(=O)CCNC(=O)[C@H](CCN(C(=O)CSC[C@H](NC(=O)[C@H](CC(N)=O)NC(=O)OCC1c2ccccc2-c2ccccc21)C(=O)OC(C)(C)C)[C@@H](c1cc(-c2cc(F)ccc2F)cn1Cc1ccccc1)C(C)(C)C)NC(=O)OCC[Si](C)(C)C)C(=O)OC(C)(C)C. The molecule has 0 spiro atoms. The molecular weight excluding hydrogens is 1360 g/mol. The minimum absolute atomic E-state index is 0.0228. The standard InChI is InChI=1S/C76H102F2N8O15SSi/c1-73(2,3)66(61-39-48(54-40-49(77)29-30-56(54)78)43-85(61)42-47-23-17-16-18-24-47)86(36-34-57(83-71(95)97-37-38-103(13,14)15)67(91)80-35-33-63(88)81-58(69(93)100-75(7,8)9)31-32-65(90)99-74(4,5)6)64(89)46-102-45-60(70(94)101-76(10,11)12)82-68(92)59(41-62(79)87)84-72(96)98-44-55-52-27-21-19-25-50(52)51-26-20-22-28-53(51)55/h16-30,39-40,43,55,57-60,66H,31-38,41-42,44-46H2,1-15H3,(H2,79,87)(H,80,91)(H,81,88)(H,82,92)(H,83,95)(H,84,96)/t57-,58+,59-,60-,66-/m0/s1. The van der Waals surface area contributed by atoms with Gasteiger partial charge in [-0.05, 0) is 139 Å². The summed E-state index contributed by atoms with van der Waals surface area (Å²) in [7, 11) is -1.76. The molecule has 27 heteroatoms. The zero-order valence-corrected chi connectivity index (χ0v) is 63.6. The van der Waals surface area contributed by atoms with Crippen molar-refractivity contribution in [2.75, 3.05) is 37.8 Å². The molecule has 103 heavy (non-hydrogen) atoms. The topological polar surface area (TPSA) is 311 Å². The Kier molecular flexibility index (Phi) is 29.2. The predicted molar refractivity (Wildman–Crippen MR) is 392 cm³/mol. The number of alkyl carbamates (subject to hydrolysis) is 2. The number of nitrogens with two attached hydrogens (primary N) is 1. The van der Waals surface area contributed by atoms with Gasteiger partial charge in [-0.2, -0.15) is 0 Å². The lowest BCUT2D eigenvalue weighted by molar-refractivity contribution is -0.160. The number of rotatable bonds is 33. The predicted octanol–water partition coefficient (Wildman–Crippen LogP) is 11.0. The highest BCUT2D eigenvalue weighted by Gasteiger charge is 2.40. The fraction of sp³-hybridized carbons (Fsp3) is 0.500. The van der Waals surface area contributed by atoms with Crippen LogP contribution in [0.1, 0.15) is 150 Å². The Morgan fingerprint density at radius 2 is 1.19 bits per heavy atom. The first kappa shape index (κ1) is 82.8. The summed E-state index contributed by atoms with van der Waals surface area (Å²) in [4.78, 5) is 140. The summed E-state index contributed by atoms with van der Waals surface area (Å²) in [5.74, 6) is -8.98. The van der Waals surface area contributed by atoms with Gasteiger partial charge in [0, 0.05) is 75.2 Å². The summed E-state index contributed by atoms with van der Waals surface area (Å²) >= 11 is 0.907. The van der Waals surface area contributed by atoms with Crippen LogP contribution in [0.5, 0.6) is 0 Å². The van der Waals surface area contributed by atoms with Crippen molar-refractivity contribution in [3.63, 3.8) is 0 Å². The molecule has 1 heterocycles. The van der Waals surface area contributed by atoms with Crippen molar-refractivity contribution in [2.24, 2.45) is 11.1 Å². The average Bonchev–Trinajstić information content (AvgIpc) is 1.64. The first-order valence-corrected chi connectivity index (χ1v) is 39.4. The fourth-order valence-electron chi connectivity index (χ4n) is 11.5. The van der Waals surface area contributed by atoms with E-state index in [1.807, 2.05) is 104 Å². The maximum Gasteiger partial charge on any atom is 0.407 e. The third-order valence-electron chi connectivity index (χ3n) is 16.1. The van der Waals surface area contributed by atoms with Crippen LogP contribution in [0.3, 0.4) is 0 Å². The Labute approximate surface area is 607 Å². The Bertz CT molecular complexity index is 3770. The monoisotopic (exact) mass is 1460 g/mol. The molecule has 5 atom stereocenters. The molecule has 0 bridgehead atoms. The molecule has 0 fully saturated rings. The second-order valence-electron chi connectivity index (χ2n) is 30.8. The van der Waals surface area contributed by atoms with Gasteiger partial charge in [0.25, 0.3) is 0 Å². The second-order valence-corrected chi connectivity index (χ2v) is 37.5. The second kappa shape index (κ2) is 36.3. The van der Waals surface area contributed by atoms with Crippen molar-refractivity contribution in [1.29, 1.82) is 0 Å². The van der Waals surface area contributed by atoms with Crippen molar-refractivity contribution >= 4 is 79.5 Å². The Hall–Kier alpha value is -9.11. The first-order chi connectivity index (χ1) is 48.0. The molecule has 4 aromatic carbocycles. The van der Waals surface area contributed by atoms with Crippen LogP contribution in [-0.4, -0.2) is 156 Å². The molecule has 0 radical (unpaired) electrons. The summed E-state index contributed by atoms with van der Waals surface area (Å²) in [6, 6.07) is 23.0. The van der Waals surface area contributed by atoms with E-state index >= 15 is 13.6 Å². The van der Waals surface area contributed by atoms with Crippen LogP contribution in [-0.2, 0) is 68.6 Å². The number of thioether (sulfide) groups is 1. The number of esters is 3. The van der Waals surface area contributed by atoms with Crippen LogP contribution < -0.4 is 32.3 Å². The van der Waals surface area contributed by atoms with Crippen LogP contribution in [0.25, 0.3) is 22.3 Å². The van der Waals surface area contributed by atoms with Crippen LogP contribution >= 0.6 is 11.8 Å². The number of carbonyl (C=O) groups is 10. The highest BCUT2D eigenvalue weighted by molar-refractivity contribution is 8.00. The summed E-state index contributed by atoms with van der Waals surface area (Å²) in [5, 5.41) is 13.0. The van der Waals surface area contributed by atoms with Crippen molar-refractivity contribution in [2.45, 2.75) is 200 Å². The molecule has 0 saturated heterocycles. The maximum atomic E-state index is 15.9. The number of aromatic nitrogens is 1. The van der Waals surface area contributed by atoms with E-state index in [1.54, 1.807) is 74.6 Å². The number of hydrogen-bond acceptors (Lipinski definition) is 16. The maximum absolute atomic E-state index is 15.9. The van der Waals surface area contributed by atoms with Crippen LogP contribution in [0.15, 0.2) is 109 Å². The van der Waals surface area contributed by atoms with Gasteiger partial charge in [-0.15, -0.1) is 11.8 Å². The third kappa shape index (κ3) is 26.9. The number of nitrogens with one attached hydrogen (secondary N) is 5. The van der Waals surface area contributed by atoms with Crippen LogP contribution in [0.2, 0.25) is 25.7 Å². The van der Waals surface area contributed by atoms with Crippen molar-refractivity contribution < 1.29 is 80.4 Å². The number of primary amides is 1. The van der Waals surface area contributed by atoms with Gasteiger partial charge in [-0.25, -0.2) is 28.0 Å². The molecule has 7 amide bonds. The third-order valence-corrected chi connectivity index (χ3v) is 18.8. The van der Waals surface area contributed by atoms with E-state index in [-0.39, 0.29) is 74.9 Å². The lowest BCUT2D eigenvalue weighted by atomic mass is 9.82. The number of amides is 7. The quantitative estimate of drug-likeness (QED) is 0.0129. The minimum Gasteiger partial charge on any atom is -0.460 e. The fourth-order valence-corrected chi connectivity index (χ4v) is 13.1. The molecule has 1 aliphatic rings. The normalized spacial score (nSPS) is 13.8. The Morgan fingerprint density at radius 1 is 0.621 bits per heavy atom. The summed E-state index contributed by atoms with van der Waals surface area (Å²) in [5.41, 5.74) is 7.06. The molecular formula is C76H102F2N8O15SSi. The van der Waals surface area contributed by atoms with Gasteiger partial charge in [0.1, 0.15) is 59.2 Å². The van der Waals surface area contributed by atoms with E-state index in [0.717, 1.165) is 57.8 Å². The van der Waals surface area contributed by atoms with Gasteiger partial charge >= 0.3 is 30.1 Å². The highest BCUT2D eigenvalue weighted by Crippen LogP contribution is 2.45. The van der Waals surface area contributed by atoms with Gasteiger partial charge in [0.2, 0.25) is 29.5 Å². The van der Waals surface area contributed by atoms with Gasteiger partial charge in [-0.1, -0.05) is 119 Å². The van der Waals surface area contributed by atoms with Gasteiger partial charge in [0.05, 0.1) is 24.8 Å². The number of nitrogens with zero attached hydrogens (tertiary/aromatic N) is 2. The van der Waals surface area contributed by atoms with E-state index in [1.165, 1.54) is 4.90 Å². The van der Waals surface area contributed by atoms with Crippen LogP contribution in [0.4, 0.5) is 18.4 Å². The largest absolute Gasteiger partial charge is 0.460 e. The minimum atomic E-state index is -1.76. The molecule has 1 aliphatic carbocycles. The number of ether oxygens (including phenoxy) is 5. The summed E-state index contributed by atoms with van der Waals surface area (Å²) in [6.07, 6.45) is -2.17. The lowest BCUT2D eigenvalue weighted by Gasteiger charge is -2.41. The molecule has 0 saturated carbocycles. The molecule has 0 aliphatic heterocycles. The summed E-state index contributed by atoms with van der Waals surface area (Å²) < 4.78 is 60.9. The number of carbonyl (C=O) groups excluding carboxylic acids is 10. The molecule has 5 aromatic rings. The van der Waals surface area contributed by atoms with Crippen molar-refractivity contribution in [3.05, 3.63) is 143 Å². The van der Waals surface area contributed by atoms with E-state index in [4.69, 9.17) is 29.4 Å². The number of fused-ring (bicyclic) bond motifs is 3. The van der Waals surface area contributed by atoms with Gasteiger partial charge < -0.3 is 65.5 Å². The Morgan fingerprint density at radius 3 is 1.78 bits per heavy atom.